The van der Waals surface area contributed by atoms with Crippen LogP contribution in [-0.2, 0) is 10.0 Å². The van der Waals surface area contributed by atoms with Gasteiger partial charge in [-0.3, -0.25) is 9.52 Å². The topological polar surface area (TPSA) is 66.5 Å². The van der Waals surface area contributed by atoms with Crippen LogP contribution in [0.3, 0.4) is 0 Å². The third-order valence-corrected chi connectivity index (χ3v) is 6.83. The fourth-order valence-corrected chi connectivity index (χ4v) is 5.08. The van der Waals surface area contributed by atoms with Crippen molar-refractivity contribution >= 4 is 33.2 Å². The van der Waals surface area contributed by atoms with Gasteiger partial charge in [0.05, 0.1) is 10.7 Å². The monoisotopic (exact) mass is 420 g/mol. The second-order valence-electron chi connectivity index (χ2n) is 7.28. The lowest BCUT2D eigenvalue weighted by Gasteiger charge is -2.21. The van der Waals surface area contributed by atoms with Crippen molar-refractivity contribution in [2.75, 3.05) is 17.8 Å². The molecule has 0 aromatic heterocycles. The van der Waals surface area contributed by atoms with E-state index in [1.165, 1.54) is 12.1 Å². The highest BCUT2D eigenvalue weighted by molar-refractivity contribution is 7.92. The Labute approximate surface area is 171 Å². The minimum Gasteiger partial charge on any atom is -0.339 e. The van der Waals surface area contributed by atoms with Crippen molar-refractivity contribution in [1.29, 1.82) is 0 Å². The summed E-state index contributed by atoms with van der Waals surface area (Å²) < 4.78 is 28.5. The standard InChI is InChI=1S/C21H25ClN2O3S/c1-15-7-10-19(16(2)13-15)23-28(26,27)20-14-17(8-9-18(20)22)21(25)24-11-5-3-4-6-12-24/h7-10,13-14,23H,3-6,11-12H2,1-2H3. The van der Waals surface area contributed by atoms with Gasteiger partial charge >= 0.3 is 0 Å². The number of nitrogens with one attached hydrogen (secondary N) is 1. The minimum absolute atomic E-state index is 0.0877. The maximum atomic E-state index is 12.9. The van der Waals surface area contributed by atoms with Crippen molar-refractivity contribution in [2.24, 2.45) is 0 Å². The fraction of sp³-hybridized carbons (Fsp3) is 0.381. The third-order valence-electron chi connectivity index (χ3n) is 4.99. The van der Waals surface area contributed by atoms with Crippen molar-refractivity contribution in [3.05, 3.63) is 58.1 Å². The van der Waals surface area contributed by atoms with Gasteiger partial charge in [-0.05, 0) is 56.5 Å². The van der Waals surface area contributed by atoms with E-state index in [4.69, 9.17) is 11.6 Å². The highest BCUT2D eigenvalue weighted by Crippen LogP contribution is 2.27. The van der Waals surface area contributed by atoms with Crippen LogP contribution in [0.25, 0.3) is 0 Å². The Balaban J connectivity index is 1.90. The predicted octanol–water partition coefficient (Wildman–Crippen LogP) is 4.77. The van der Waals surface area contributed by atoms with Crippen LogP contribution in [0.15, 0.2) is 41.3 Å². The SMILES string of the molecule is Cc1ccc(NS(=O)(=O)c2cc(C(=O)N3CCCCCC3)ccc2Cl)c(C)c1. The number of likely N-dealkylation sites (tertiary alicyclic amines) is 1. The van der Waals surface area contributed by atoms with E-state index in [1.54, 1.807) is 17.0 Å². The van der Waals surface area contributed by atoms with E-state index in [9.17, 15) is 13.2 Å². The highest BCUT2D eigenvalue weighted by Gasteiger charge is 2.23. The lowest BCUT2D eigenvalue weighted by atomic mass is 10.1. The van der Waals surface area contributed by atoms with Crippen LogP contribution < -0.4 is 4.72 Å². The average molecular weight is 421 g/mol. The molecule has 150 valence electrons. The van der Waals surface area contributed by atoms with Gasteiger partial charge in [-0.25, -0.2) is 8.42 Å². The van der Waals surface area contributed by atoms with Crippen LogP contribution >= 0.6 is 11.6 Å². The average Bonchev–Trinajstić information content (AvgIpc) is 2.93. The largest absolute Gasteiger partial charge is 0.339 e. The summed E-state index contributed by atoms with van der Waals surface area (Å²) in [5.41, 5.74) is 2.69. The zero-order chi connectivity index (χ0) is 20.3. The predicted molar refractivity (Wildman–Crippen MR) is 113 cm³/mol. The first-order valence-corrected chi connectivity index (χ1v) is 11.3. The minimum atomic E-state index is -3.93. The van der Waals surface area contributed by atoms with Gasteiger partial charge < -0.3 is 4.90 Å². The van der Waals surface area contributed by atoms with Gasteiger partial charge in [0.2, 0.25) is 0 Å². The molecule has 1 fully saturated rings. The Hall–Kier alpha value is -2.05. The van der Waals surface area contributed by atoms with Gasteiger partial charge in [-0.15, -0.1) is 0 Å². The smallest absolute Gasteiger partial charge is 0.263 e. The van der Waals surface area contributed by atoms with E-state index in [0.29, 0.717) is 24.3 Å². The number of anilines is 1. The van der Waals surface area contributed by atoms with E-state index in [2.05, 4.69) is 4.72 Å². The van der Waals surface area contributed by atoms with Crippen molar-refractivity contribution < 1.29 is 13.2 Å². The summed E-state index contributed by atoms with van der Waals surface area (Å²) in [5.74, 6) is -0.151. The number of carbonyl (C=O) groups is 1. The molecule has 1 aliphatic rings. The Morgan fingerprint density at radius 3 is 2.32 bits per heavy atom. The Bertz CT molecular complexity index is 981. The maximum Gasteiger partial charge on any atom is 0.263 e. The molecule has 0 aliphatic carbocycles. The maximum absolute atomic E-state index is 12.9. The zero-order valence-corrected chi connectivity index (χ0v) is 17.7. The fourth-order valence-electron chi connectivity index (χ4n) is 3.43. The normalized spacial score (nSPS) is 15.2. The van der Waals surface area contributed by atoms with Crippen LogP contribution in [0.1, 0.15) is 47.2 Å². The molecule has 0 saturated carbocycles. The van der Waals surface area contributed by atoms with Crippen molar-refractivity contribution in [1.82, 2.24) is 4.90 Å². The molecule has 2 aromatic rings. The number of hydrogen-bond acceptors (Lipinski definition) is 3. The number of aryl methyl sites for hydroxylation is 2. The summed E-state index contributed by atoms with van der Waals surface area (Å²) in [6, 6.07) is 9.91. The highest BCUT2D eigenvalue weighted by atomic mass is 35.5. The quantitative estimate of drug-likeness (QED) is 0.774. The molecule has 2 aromatic carbocycles. The van der Waals surface area contributed by atoms with Gasteiger partial charge in [-0.1, -0.05) is 42.1 Å². The molecule has 5 nitrogen and oxygen atoms in total. The molecule has 0 spiro atoms. The lowest BCUT2D eigenvalue weighted by molar-refractivity contribution is 0.0761. The number of carbonyl (C=O) groups excluding carboxylic acids is 1. The number of amides is 1. The molecular weight excluding hydrogens is 396 g/mol. The first-order valence-electron chi connectivity index (χ1n) is 9.47. The Morgan fingerprint density at radius 1 is 1.00 bits per heavy atom. The number of hydrogen-bond donors (Lipinski definition) is 1. The lowest BCUT2D eigenvalue weighted by Crippen LogP contribution is -2.32. The van der Waals surface area contributed by atoms with Gasteiger partial charge in [0.1, 0.15) is 4.90 Å². The van der Waals surface area contributed by atoms with Crippen molar-refractivity contribution in [3.8, 4) is 0 Å². The molecule has 28 heavy (non-hydrogen) atoms. The molecule has 1 amide bonds. The molecule has 0 atom stereocenters. The number of sulfonamides is 1. The second kappa shape index (κ2) is 8.53. The molecule has 0 bridgehead atoms. The molecule has 1 aliphatic heterocycles. The van der Waals surface area contributed by atoms with Crippen LogP contribution in [0.5, 0.6) is 0 Å². The van der Waals surface area contributed by atoms with Crippen LogP contribution in [0, 0.1) is 13.8 Å². The summed E-state index contributed by atoms with van der Waals surface area (Å²) in [4.78, 5) is 14.6. The van der Waals surface area contributed by atoms with E-state index in [1.807, 2.05) is 26.0 Å². The molecule has 0 radical (unpaired) electrons. The third kappa shape index (κ3) is 4.67. The summed E-state index contributed by atoms with van der Waals surface area (Å²) in [5, 5.41) is 0.0877. The summed E-state index contributed by atoms with van der Waals surface area (Å²) >= 11 is 6.18. The van der Waals surface area contributed by atoms with Crippen LogP contribution in [-0.4, -0.2) is 32.3 Å². The van der Waals surface area contributed by atoms with Gasteiger partial charge in [0, 0.05) is 18.7 Å². The van der Waals surface area contributed by atoms with Crippen LogP contribution in [0.4, 0.5) is 5.69 Å². The van der Waals surface area contributed by atoms with Gasteiger partial charge in [0.15, 0.2) is 0 Å². The van der Waals surface area contributed by atoms with E-state index in [-0.39, 0.29) is 15.8 Å². The number of benzene rings is 2. The molecule has 1 heterocycles. The van der Waals surface area contributed by atoms with Crippen LogP contribution in [0.2, 0.25) is 5.02 Å². The van der Waals surface area contributed by atoms with E-state index < -0.39 is 10.0 Å². The van der Waals surface area contributed by atoms with Crippen molar-refractivity contribution in [3.63, 3.8) is 0 Å². The number of rotatable bonds is 4. The van der Waals surface area contributed by atoms with E-state index >= 15 is 0 Å². The number of nitrogens with zero attached hydrogens (tertiary/aromatic N) is 1. The molecule has 1 saturated heterocycles. The molecule has 7 heteroatoms. The first-order chi connectivity index (χ1) is 13.3. The summed E-state index contributed by atoms with van der Waals surface area (Å²) in [7, 11) is -3.93. The summed E-state index contributed by atoms with van der Waals surface area (Å²) in [6.45, 7) is 5.18. The van der Waals surface area contributed by atoms with Gasteiger partial charge in [0.25, 0.3) is 15.9 Å². The van der Waals surface area contributed by atoms with Gasteiger partial charge in [-0.2, -0.15) is 0 Å². The second-order valence-corrected chi connectivity index (χ2v) is 9.33. The number of halogens is 1. The van der Waals surface area contributed by atoms with E-state index in [0.717, 1.165) is 36.8 Å². The van der Waals surface area contributed by atoms with Crippen molar-refractivity contribution in [2.45, 2.75) is 44.4 Å². The zero-order valence-electron chi connectivity index (χ0n) is 16.2. The Kier molecular flexibility index (Phi) is 6.30. The Morgan fingerprint density at radius 2 is 1.68 bits per heavy atom. The summed E-state index contributed by atoms with van der Waals surface area (Å²) in [6.07, 6.45) is 4.17. The molecule has 3 rings (SSSR count). The molecule has 1 N–H and O–H groups in total. The molecular formula is C21H25ClN2O3S. The molecule has 0 unspecified atom stereocenters. The first kappa shape index (κ1) is 20.7.